The molecule has 38 heavy (non-hydrogen) atoms. The van der Waals surface area contributed by atoms with Crippen molar-refractivity contribution in [3.63, 3.8) is 0 Å². The lowest BCUT2D eigenvalue weighted by Crippen LogP contribution is -2.41. The van der Waals surface area contributed by atoms with Crippen LogP contribution in [0.25, 0.3) is 16.4 Å². The van der Waals surface area contributed by atoms with E-state index < -0.39 is 10.0 Å². The number of anilines is 2. The number of carbonyl (C=O) groups excluding carboxylic acids is 1. The molecular weight excluding hydrogens is 550 g/mol. The van der Waals surface area contributed by atoms with Gasteiger partial charge in [0.2, 0.25) is 16.0 Å². The summed E-state index contributed by atoms with van der Waals surface area (Å²) in [7, 11) is -2.30. The van der Waals surface area contributed by atoms with Crippen LogP contribution >= 0.6 is 22.9 Å². The number of amides is 1. The number of nitrogens with one attached hydrogen (secondary N) is 1. The largest absolute Gasteiger partial charge is 0.495 e. The lowest BCUT2D eigenvalue weighted by atomic mass is 10.2. The maximum absolute atomic E-state index is 13.1. The van der Waals surface area contributed by atoms with E-state index in [9.17, 15) is 13.2 Å². The van der Waals surface area contributed by atoms with Gasteiger partial charge in [-0.05, 0) is 53.8 Å². The smallest absolute Gasteiger partial charge is 0.253 e. The Kier molecular flexibility index (Phi) is 7.65. The number of ether oxygens (including phenoxy) is 2. The van der Waals surface area contributed by atoms with E-state index in [1.54, 1.807) is 51.9 Å². The number of halogens is 1. The highest BCUT2D eigenvalue weighted by molar-refractivity contribution is 7.92. The molecule has 1 saturated heterocycles. The van der Waals surface area contributed by atoms with Gasteiger partial charge in [0.15, 0.2) is 5.82 Å². The highest BCUT2D eigenvalue weighted by Gasteiger charge is 2.26. The minimum absolute atomic E-state index is 0.00684. The minimum atomic E-state index is -3.81. The standard InChI is InChI=1S/C25H24ClN5O5S2/c1-35-21-9-8-19(30-11-12-36-16-23(30)32)15-20(21)31-24(22-3-2-13-37-22)27-28-25(31)29-38(33,34)14-10-17-4-6-18(26)7-5-17/h2-9,13,15H,10-12,14,16H2,1H3,(H,28,29). The third-order valence-corrected chi connectivity index (χ3v) is 8.28. The third-order valence-electron chi connectivity index (χ3n) is 5.92. The van der Waals surface area contributed by atoms with Crippen molar-refractivity contribution >= 4 is 50.5 Å². The Morgan fingerprint density at radius 2 is 1.97 bits per heavy atom. The Balaban J connectivity index is 1.53. The fourth-order valence-electron chi connectivity index (χ4n) is 4.05. The number of benzene rings is 2. The molecule has 0 bridgehead atoms. The average molecular weight is 574 g/mol. The van der Waals surface area contributed by atoms with Gasteiger partial charge in [-0.25, -0.2) is 8.42 Å². The summed E-state index contributed by atoms with van der Waals surface area (Å²) in [5.74, 6) is 0.550. The Morgan fingerprint density at radius 1 is 1.16 bits per heavy atom. The Hall–Kier alpha value is -3.45. The van der Waals surface area contributed by atoms with Crippen molar-refractivity contribution in [2.24, 2.45) is 0 Å². The predicted molar refractivity (Wildman–Crippen MR) is 147 cm³/mol. The van der Waals surface area contributed by atoms with Gasteiger partial charge in [-0.3, -0.25) is 14.1 Å². The lowest BCUT2D eigenvalue weighted by Gasteiger charge is -2.27. The quantitative estimate of drug-likeness (QED) is 0.322. The molecule has 4 aromatic rings. The molecule has 5 rings (SSSR count). The SMILES string of the molecule is COc1ccc(N2CCOCC2=O)cc1-n1c(NS(=O)(=O)CCc2ccc(Cl)cc2)nnc1-c1cccs1. The number of sulfonamides is 1. The molecule has 1 aliphatic heterocycles. The molecule has 1 amide bonds. The molecular formula is C25H24ClN5O5S2. The van der Waals surface area contributed by atoms with Gasteiger partial charge in [0.05, 0.1) is 30.0 Å². The first kappa shape index (κ1) is 26.2. The van der Waals surface area contributed by atoms with E-state index >= 15 is 0 Å². The molecule has 2 aromatic heterocycles. The van der Waals surface area contributed by atoms with Gasteiger partial charge in [-0.2, -0.15) is 0 Å². The number of hydrogen-bond donors (Lipinski definition) is 1. The fourth-order valence-corrected chi connectivity index (χ4v) is 5.89. The summed E-state index contributed by atoms with van der Waals surface area (Å²) in [6.45, 7) is 0.806. The number of rotatable bonds is 9. The van der Waals surface area contributed by atoms with E-state index in [1.165, 1.54) is 18.4 Å². The number of aryl methyl sites for hydroxylation is 1. The molecule has 3 heterocycles. The van der Waals surface area contributed by atoms with E-state index in [2.05, 4.69) is 14.9 Å². The van der Waals surface area contributed by atoms with Crippen LogP contribution < -0.4 is 14.4 Å². The third kappa shape index (κ3) is 5.68. The Labute approximate surface area is 228 Å². The number of carbonyl (C=O) groups is 1. The summed E-state index contributed by atoms with van der Waals surface area (Å²) in [6.07, 6.45) is 0.288. The van der Waals surface area contributed by atoms with E-state index in [4.69, 9.17) is 21.1 Å². The van der Waals surface area contributed by atoms with Crippen LogP contribution in [0.3, 0.4) is 0 Å². The van der Waals surface area contributed by atoms with Crippen molar-refractivity contribution < 1.29 is 22.7 Å². The van der Waals surface area contributed by atoms with Gasteiger partial charge in [-0.15, -0.1) is 21.5 Å². The minimum Gasteiger partial charge on any atom is -0.495 e. The number of methoxy groups -OCH3 is 1. The van der Waals surface area contributed by atoms with Crippen molar-refractivity contribution in [2.45, 2.75) is 6.42 Å². The molecule has 1 aliphatic rings. The molecule has 13 heteroatoms. The van der Waals surface area contributed by atoms with Gasteiger partial charge in [0, 0.05) is 17.3 Å². The summed E-state index contributed by atoms with van der Waals surface area (Å²) in [6, 6.07) is 16.0. The molecule has 1 fully saturated rings. The molecule has 0 radical (unpaired) electrons. The van der Waals surface area contributed by atoms with Crippen molar-refractivity contribution in [3.05, 3.63) is 70.6 Å². The van der Waals surface area contributed by atoms with Gasteiger partial charge in [-0.1, -0.05) is 29.8 Å². The van der Waals surface area contributed by atoms with Crippen molar-refractivity contribution in [2.75, 3.05) is 42.2 Å². The van der Waals surface area contributed by atoms with Crippen LogP contribution in [-0.4, -0.2) is 61.7 Å². The van der Waals surface area contributed by atoms with Crippen molar-refractivity contribution in [1.82, 2.24) is 14.8 Å². The zero-order chi connectivity index (χ0) is 26.7. The summed E-state index contributed by atoms with van der Waals surface area (Å²) in [5.41, 5.74) is 1.94. The van der Waals surface area contributed by atoms with Crippen LogP contribution in [0.1, 0.15) is 5.56 Å². The van der Waals surface area contributed by atoms with Gasteiger partial charge < -0.3 is 14.4 Å². The summed E-state index contributed by atoms with van der Waals surface area (Å²) in [4.78, 5) is 14.9. The number of nitrogens with zero attached hydrogens (tertiary/aromatic N) is 4. The molecule has 10 nitrogen and oxygen atoms in total. The summed E-state index contributed by atoms with van der Waals surface area (Å²) in [5, 5.41) is 11.0. The molecule has 2 aromatic carbocycles. The molecule has 198 valence electrons. The first-order valence-electron chi connectivity index (χ1n) is 11.7. The monoisotopic (exact) mass is 573 g/mol. The number of aromatic nitrogens is 3. The summed E-state index contributed by atoms with van der Waals surface area (Å²) >= 11 is 7.37. The van der Waals surface area contributed by atoms with Crippen LogP contribution in [-0.2, 0) is 26.0 Å². The van der Waals surface area contributed by atoms with Gasteiger partial charge in [0.1, 0.15) is 12.4 Å². The van der Waals surface area contributed by atoms with Crippen molar-refractivity contribution in [1.29, 1.82) is 0 Å². The molecule has 0 atom stereocenters. The van der Waals surface area contributed by atoms with Gasteiger partial charge in [0.25, 0.3) is 5.91 Å². The second-order valence-corrected chi connectivity index (χ2v) is 11.6. The van der Waals surface area contributed by atoms with E-state index in [0.29, 0.717) is 41.1 Å². The maximum atomic E-state index is 13.1. The summed E-state index contributed by atoms with van der Waals surface area (Å²) < 4.78 is 41.3. The lowest BCUT2D eigenvalue weighted by molar-refractivity contribution is -0.125. The average Bonchev–Trinajstić information content (AvgIpc) is 3.58. The van der Waals surface area contributed by atoms with Crippen LogP contribution in [0, 0.1) is 0 Å². The van der Waals surface area contributed by atoms with Crippen LogP contribution in [0.4, 0.5) is 11.6 Å². The maximum Gasteiger partial charge on any atom is 0.253 e. The van der Waals surface area contributed by atoms with Gasteiger partial charge >= 0.3 is 0 Å². The highest BCUT2D eigenvalue weighted by Crippen LogP contribution is 2.35. The van der Waals surface area contributed by atoms with Crippen LogP contribution in [0.5, 0.6) is 5.75 Å². The highest BCUT2D eigenvalue weighted by atomic mass is 35.5. The van der Waals surface area contributed by atoms with Crippen LogP contribution in [0.2, 0.25) is 5.02 Å². The molecule has 0 aliphatic carbocycles. The second kappa shape index (κ2) is 11.1. The fraction of sp³-hybridized carbons (Fsp3) is 0.240. The molecule has 1 N–H and O–H groups in total. The molecule has 0 spiro atoms. The first-order valence-corrected chi connectivity index (χ1v) is 14.6. The number of morpholine rings is 1. The Bertz CT molecular complexity index is 1540. The number of thiophene rings is 1. The zero-order valence-electron chi connectivity index (χ0n) is 20.3. The van der Waals surface area contributed by atoms with E-state index in [-0.39, 0.29) is 30.6 Å². The number of hydrogen-bond acceptors (Lipinski definition) is 8. The molecule has 0 saturated carbocycles. The van der Waals surface area contributed by atoms with E-state index in [0.717, 1.165) is 10.4 Å². The second-order valence-electron chi connectivity index (χ2n) is 8.41. The van der Waals surface area contributed by atoms with E-state index in [1.807, 2.05) is 17.5 Å². The first-order chi connectivity index (χ1) is 18.3. The zero-order valence-corrected chi connectivity index (χ0v) is 22.7. The normalized spacial score (nSPS) is 14.1. The van der Waals surface area contributed by atoms with Crippen molar-refractivity contribution in [3.8, 4) is 22.1 Å². The Morgan fingerprint density at radius 3 is 2.68 bits per heavy atom. The predicted octanol–water partition coefficient (Wildman–Crippen LogP) is 4.01. The molecule has 0 unspecified atom stereocenters. The van der Waals surface area contributed by atoms with Crippen LogP contribution in [0.15, 0.2) is 60.0 Å². The topological polar surface area (TPSA) is 116 Å².